The highest BCUT2D eigenvalue weighted by Gasteiger charge is 2.25. The molecule has 5 nitrogen and oxygen atoms in total. The molecule has 1 N–H and O–H groups in total. The Morgan fingerprint density at radius 2 is 1.92 bits per heavy atom. The average molecular weight is 321 g/mol. The molecule has 1 amide bonds. The van der Waals surface area contributed by atoms with Crippen LogP contribution in [0.5, 0.6) is 0 Å². The number of nitrogens with zero attached hydrogens (tertiary/aromatic N) is 2. The van der Waals surface area contributed by atoms with Crippen molar-refractivity contribution in [1.29, 1.82) is 0 Å². The molecule has 2 heterocycles. The van der Waals surface area contributed by atoms with Gasteiger partial charge in [0.2, 0.25) is 5.91 Å². The number of amides is 1. The predicted molar refractivity (Wildman–Crippen MR) is 92.6 cm³/mol. The standard InChI is InChI=1S/C19H19N3O2/c23-18-11-6-12-22(18)13-16(14-7-2-1-3-8-14)21-19-20-15-9-4-5-10-17(15)24-19/h1-5,7-10,16H,6,11-13H2,(H,20,21)/t16-/m1/s1. The van der Waals surface area contributed by atoms with E-state index in [1.165, 1.54) is 0 Å². The molecule has 24 heavy (non-hydrogen) atoms. The van der Waals surface area contributed by atoms with Gasteiger partial charge in [-0.1, -0.05) is 42.5 Å². The summed E-state index contributed by atoms with van der Waals surface area (Å²) in [5.74, 6) is 0.218. The van der Waals surface area contributed by atoms with E-state index in [0.717, 1.165) is 29.6 Å². The molecule has 1 aromatic heterocycles. The summed E-state index contributed by atoms with van der Waals surface area (Å²) in [5, 5.41) is 3.36. The van der Waals surface area contributed by atoms with Crippen LogP contribution in [0.4, 0.5) is 6.01 Å². The summed E-state index contributed by atoms with van der Waals surface area (Å²) in [6.45, 7) is 1.43. The topological polar surface area (TPSA) is 58.4 Å². The summed E-state index contributed by atoms with van der Waals surface area (Å²) in [6, 6.07) is 18.2. The largest absolute Gasteiger partial charge is 0.424 e. The van der Waals surface area contributed by atoms with Crippen molar-refractivity contribution in [2.45, 2.75) is 18.9 Å². The molecule has 0 spiro atoms. The highest BCUT2D eigenvalue weighted by atomic mass is 16.4. The molecular weight excluding hydrogens is 302 g/mol. The SMILES string of the molecule is O=C1CCCN1C[C@@H](Nc1nc2ccccc2o1)c1ccccc1. The van der Waals surface area contributed by atoms with Gasteiger partial charge in [-0.3, -0.25) is 4.79 Å². The van der Waals surface area contributed by atoms with Gasteiger partial charge in [0.05, 0.1) is 6.04 Å². The first kappa shape index (κ1) is 14.8. The quantitative estimate of drug-likeness (QED) is 0.780. The number of hydrogen-bond donors (Lipinski definition) is 1. The third kappa shape index (κ3) is 2.97. The zero-order valence-corrected chi connectivity index (χ0v) is 13.3. The van der Waals surface area contributed by atoms with Gasteiger partial charge >= 0.3 is 0 Å². The summed E-state index contributed by atoms with van der Waals surface area (Å²) >= 11 is 0. The number of hydrogen-bond acceptors (Lipinski definition) is 4. The van der Waals surface area contributed by atoms with Gasteiger partial charge in [0.15, 0.2) is 5.58 Å². The second-order valence-corrected chi connectivity index (χ2v) is 6.04. The highest BCUT2D eigenvalue weighted by Crippen LogP contribution is 2.25. The van der Waals surface area contributed by atoms with E-state index in [1.54, 1.807) is 0 Å². The van der Waals surface area contributed by atoms with Crippen molar-refractivity contribution in [2.24, 2.45) is 0 Å². The van der Waals surface area contributed by atoms with E-state index in [0.29, 0.717) is 19.0 Å². The van der Waals surface area contributed by atoms with Gasteiger partial charge in [0, 0.05) is 19.5 Å². The fraction of sp³-hybridized carbons (Fsp3) is 0.263. The Bertz CT molecular complexity index is 811. The lowest BCUT2D eigenvalue weighted by Crippen LogP contribution is -2.32. The molecule has 3 aromatic rings. The van der Waals surface area contributed by atoms with Crippen LogP contribution in [0.25, 0.3) is 11.1 Å². The third-order valence-corrected chi connectivity index (χ3v) is 4.37. The molecule has 5 heteroatoms. The van der Waals surface area contributed by atoms with Gasteiger partial charge in [0.1, 0.15) is 5.52 Å². The minimum absolute atomic E-state index is 0.0543. The van der Waals surface area contributed by atoms with Crippen LogP contribution in [0.2, 0.25) is 0 Å². The summed E-state index contributed by atoms with van der Waals surface area (Å²) in [4.78, 5) is 18.4. The molecule has 122 valence electrons. The van der Waals surface area contributed by atoms with Crippen molar-refractivity contribution in [1.82, 2.24) is 9.88 Å². The Morgan fingerprint density at radius 1 is 1.12 bits per heavy atom. The van der Waals surface area contributed by atoms with Crippen molar-refractivity contribution in [3.05, 3.63) is 60.2 Å². The average Bonchev–Trinajstić information content (AvgIpc) is 3.21. The molecule has 2 aromatic carbocycles. The minimum Gasteiger partial charge on any atom is -0.424 e. The maximum atomic E-state index is 12.0. The molecule has 1 fully saturated rings. The molecule has 1 atom stereocenters. The van der Waals surface area contributed by atoms with Crippen LogP contribution < -0.4 is 5.32 Å². The fourth-order valence-corrected chi connectivity index (χ4v) is 3.12. The van der Waals surface area contributed by atoms with Crippen molar-refractivity contribution in [3.8, 4) is 0 Å². The van der Waals surface area contributed by atoms with Crippen LogP contribution in [-0.4, -0.2) is 28.9 Å². The number of anilines is 1. The Balaban J connectivity index is 1.60. The van der Waals surface area contributed by atoms with Gasteiger partial charge in [-0.05, 0) is 24.1 Å². The molecule has 4 rings (SSSR count). The van der Waals surface area contributed by atoms with Crippen LogP contribution >= 0.6 is 0 Å². The van der Waals surface area contributed by atoms with E-state index in [2.05, 4.69) is 22.4 Å². The Hall–Kier alpha value is -2.82. The minimum atomic E-state index is -0.0543. The van der Waals surface area contributed by atoms with E-state index < -0.39 is 0 Å². The number of carbonyl (C=O) groups excluding carboxylic acids is 1. The molecule has 0 aliphatic carbocycles. The second-order valence-electron chi connectivity index (χ2n) is 6.04. The molecule has 0 bridgehead atoms. The zero-order chi connectivity index (χ0) is 16.4. The molecule has 0 radical (unpaired) electrons. The summed E-state index contributed by atoms with van der Waals surface area (Å²) in [5.41, 5.74) is 2.69. The number of carbonyl (C=O) groups is 1. The number of nitrogens with one attached hydrogen (secondary N) is 1. The summed E-state index contributed by atoms with van der Waals surface area (Å²) in [6.07, 6.45) is 1.58. The number of para-hydroxylation sites is 2. The van der Waals surface area contributed by atoms with Crippen LogP contribution in [0, 0.1) is 0 Å². The fourth-order valence-electron chi connectivity index (χ4n) is 3.12. The van der Waals surface area contributed by atoms with Gasteiger partial charge in [-0.2, -0.15) is 4.98 Å². The molecule has 1 aliphatic rings. The summed E-state index contributed by atoms with van der Waals surface area (Å²) in [7, 11) is 0. The molecule has 1 aliphatic heterocycles. The van der Waals surface area contributed by atoms with E-state index in [-0.39, 0.29) is 11.9 Å². The monoisotopic (exact) mass is 321 g/mol. The number of fused-ring (bicyclic) bond motifs is 1. The maximum Gasteiger partial charge on any atom is 0.296 e. The lowest BCUT2D eigenvalue weighted by Gasteiger charge is -2.24. The van der Waals surface area contributed by atoms with Crippen molar-refractivity contribution < 1.29 is 9.21 Å². The normalized spacial score (nSPS) is 15.8. The van der Waals surface area contributed by atoms with Crippen LogP contribution in [0.1, 0.15) is 24.4 Å². The van der Waals surface area contributed by atoms with Gasteiger partial charge in [-0.15, -0.1) is 0 Å². The lowest BCUT2D eigenvalue weighted by atomic mass is 10.1. The van der Waals surface area contributed by atoms with Crippen LogP contribution in [-0.2, 0) is 4.79 Å². The molecule has 0 saturated carbocycles. The molecule has 0 unspecified atom stereocenters. The van der Waals surface area contributed by atoms with E-state index >= 15 is 0 Å². The van der Waals surface area contributed by atoms with Gasteiger partial charge in [-0.25, -0.2) is 0 Å². The van der Waals surface area contributed by atoms with E-state index in [9.17, 15) is 4.79 Å². The smallest absolute Gasteiger partial charge is 0.296 e. The lowest BCUT2D eigenvalue weighted by molar-refractivity contribution is -0.127. The summed E-state index contributed by atoms with van der Waals surface area (Å²) < 4.78 is 5.79. The molecule has 1 saturated heterocycles. The maximum absolute atomic E-state index is 12.0. The number of benzene rings is 2. The highest BCUT2D eigenvalue weighted by molar-refractivity contribution is 5.78. The van der Waals surface area contributed by atoms with Crippen molar-refractivity contribution >= 4 is 23.0 Å². The first-order chi connectivity index (χ1) is 11.8. The zero-order valence-electron chi connectivity index (χ0n) is 13.3. The Morgan fingerprint density at radius 3 is 2.67 bits per heavy atom. The number of rotatable bonds is 5. The third-order valence-electron chi connectivity index (χ3n) is 4.37. The number of oxazole rings is 1. The van der Waals surface area contributed by atoms with E-state index in [1.807, 2.05) is 47.4 Å². The van der Waals surface area contributed by atoms with Crippen LogP contribution in [0.15, 0.2) is 59.0 Å². The number of aromatic nitrogens is 1. The van der Waals surface area contributed by atoms with Crippen LogP contribution in [0.3, 0.4) is 0 Å². The predicted octanol–water partition coefficient (Wildman–Crippen LogP) is 3.60. The molecular formula is C19H19N3O2. The first-order valence-corrected chi connectivity index (χ1v) is 8.24. The van der Waals surface area contributed by atoms with Crippen molar-refractivity contribution in [2.75, 3.05) is 18.4 Å². The van der Waals surface area contributed by atoms with Gasteiger partial charge < -0.3 is 14.6 Å². The van der Waals surface area contributed by atoms with E-state index in [4.69, 9.17) is 4.42 Å². The van der Waals surface area contributed by atoms with Crippen molar-refractivity contribution in [3.63, 3.8) is 0 Å². The number of likely N-dealkylation sites (tertiary alicyclic amines) is 1. The second kappa shape index (κ2) is 6.35. The van der Waals surface area contributed by atoms with Gasteiger partial charge in [0.25, 0.3) is 6.01 Å². The Kier molecular flexibility index (Phi) is 3.91. The Labute approximate surface area is 140 Å². The first-order valence-electron chi connectivity index (χ1n) is 8.24.